The molecule has 0 radical (unpaired) electrons. The summed E-state index contributed by atoms with van der Waals surface area (Å²) in [5, 5.41) is 23.2. The van der Waals surface area contributed by atoms with Gasteiger partial charge in [0.2, 0.25) is 0 Å². The van der Waals surface area contributed by atoms with Crippen LogP contribution in [-0.2, 0) is 0 Å². The van der Waals surface area contributed by atoms with Crippen LogP contribution in [0.5, 0.6) is 0 Å². The van der Waals surface area contributed by atoms with E-state index in [-0.39, 0.29) is 12.0 Å². The quantitative estimate of drug-likeness (QED) is 0.745. The summed E-state index contributed by atoms with van der Waals surface area (Å²) < 4.78 is 0.980. The monoisotopic (exact) mass is 341 g/mol. The highest BCUT2D eigenvalue weighted by molar-refractivity contribution is 9.10. The molecule has 1 aliphatic rings. The van der Waals surface area contributed by atoms with Crippen molar-refractivity contribution in [1.82, 2.24) is 5.32 Å². The topological polar surface area (TPSA) is 52.5 Å². The highest BCUT2D eigenvalue weighted by Gasteiger charge is 2.30. The molecule has 1 fully saturated rings. The van der Waals surface area contributed by atoms with Gasteiger partial charge in [0.15, 0.2) is 0 Å². The van der Waals surface area contributed by atoms with Crippen LogP contribution in [0.2, 0.25) is 0 Å². The van der Waals surface area contributed by atoms with Crippen LogP contribution in [0, 0.1) is 5.41 Å². The van der Waals surface area contributed by atoms with E-state index in [1.54, 1.807) is 0 Å². The molecule has 1 atom stereocenters. The van der Waals surface area contributed by atoms with Gasteiger partial charge in [0.25, 0.3) is 0 Å². The molecule has 0 amide bonds. The zero-order valence-corrected chi connectivity index (χ0v) is 13.4. The van der Waals surface area contributed by atoms with Gasteiger partial charge in [0, 0.05) is 29.6 Å². The van der Waals surface area contributed by atoms with Crippen LogP contribution in [-0.4, -0.2) is 29.9 Å². The van der Waals surface area contributed by atoms with Crippen molar-refractivity contribution in [2.75, 3.05) is 19.7 Å². The molecule has 3 N–H and O–H groups in total. The molecule has 2 rings (SSSR count). The highest BCUT2D eigenvalue weighted by Crippen LogP contribution is 2.35. The maximum atomic E-state index is 10.2. The molecule has 1 aromatic rings. The minimum absolute atomic E-state index is 0.0231. The summed E-state index contributed by atoms with van der Waals surface area (Å²) in [6, 6.07) is 7.75. The Morgan fingerprint density at radius 3 is 2.65 bits per heavy atom. The molecule has 0 bridgehead atoms. The van der Waals surface area contributed by atoms with Crippen molar-refractivity contribution in [3.05, 3.63) is 34.3 Å². The number of halogens is 1. The summed E-state index contributed by atoms with van der Waals surface area (Å²) in [7, 11) is 0. The van der Waals surface area contributed by atoms with Gasteiger partial charge in [-0.15, -0.1) is 0 Å². The molecule has 1 aliphatic carbocycles. The minimum Gasteiger partial charge on any atom is -0.396 e. The lowest BCUT2D eigenvalue weighted by molar-refractivity contribution is 0.0757. The minimum atomic E-state index is -0.508. The average molecular weight is 342 g/mol. The van der Waals surface area contributed by atoms with E-state index in [0.29, 0.717) is 6.54 Å². The number of benzene rings is 1. The van der Waals surface area contributed by atoms with Gasteiger partial charge in [-0.2, -0.15) is 0 Å². The van der Waals surface area contributed by atoms with E-state index in [2.05, 4.69) is 21.2 Å². The van der Waals surface area contributed by atoms with Gasteiger partial charge in [-0.05, 0) is 30.5 Å². The van der Waals surface area contributed by atoms with Gasteiger partial charge >= 0.3 is 0 Å². The number of hydrogen-bond donors (Lipinski definition) is 3. The van der Waals surface area contributed by atoms with Crippen LogP contribution >= 0.6 is 15.9 Å². The largest absolute Gasteiger partial charge is 0.396 e. The van der Waals surface area contributed by atoms with Crippen LogP contribution in [0.15, 0.2) is 28.7 Å². The molecule has 0 aromatic heterocycles. The summed E-state index contributed by atoms with van der Waals surface area (Å²) in [5.41, 5.74) is 0.934. The molecule has 112 valence electrons. The molecule has 1 aromatic carbocycles. The molecule has 3 nitrogen and oxygen atoms in total. The smallest absolute Gasteiger partial charge is 0.0914 e. The summed E-state index contributed by atoms with van der Waals surface area (Å²) in [4.78, 5) is 0. The van der Waals surface area contributed by atoms with Crippen molar-refractivity contribution in [3.63, 3.8) is 0 Å². The molecule has 1 unspecified atom stereocenters. The van der Waals surface area contributed by atoms with Gasteiger partial charge in [-0.3, -0.25) is 0 Å². The molecule has 1 saturated carbocycles. The predicted octanol–water partition coefficient (Wildman–Crippen LogP) is 3.01. The Bertz CT molecular complexity index is 419. The predicted molar refractivity (Wildman–Crippen MR) is 84.6 cm³/mol. The lowest BCUT2D eigenvalue weighted by Gasteiger charge is -2.36. The van der Waals surface area contributed by atoms with E-state index in [4.69, 9.17) is 0 Å². The first kappa shape index (κ1) is 16.0. The van der Waals surface area contributed by atoms with E-state index in [9.17, 15) is 10.2 Å². The number of aliphatic hydroxyl groups is 2. The van der Waals surface area contributed by atoms with Crippen molar-refractivity contribution >= 4 is 15.9 Å². The maximum absolute atomic E-state index is 10.2. The Labute approximate surface area is 129 Å². The standard InChI is InChI=1S/C16H24BrNO2/c17-14-6-4-5-13(9-14)15(20)10-18-11-16(12-19)7-2-1-3-8-16/h4-6,9,15,18-20H,1-3,7-8,10-12H2. The third-order valence-electron chi connectivity index (χ3n) is 4.32. The lowest BCUT2D eigenvalue weighted by atomic mass is 9.74. The fourth-order valence-corrected chi connectivity index (χ4v) is 3.42. The second-order valence-corrected chi connectivity index (χ2v) is 6.84. The van der Waals surface area contributed by atoms with Gasteiger partial charge in [-0.25, -0.2) is 0 Å². The zero-order valence-electron chi connectivity index (χ0n) is 11.8. The molecule has 0 aliphatic heterocycles. The maximum Gasteiger partial charge on any atom is 0.0914 e. The number of rotatable bonds is 6. The molecule has 4 heteroatoms. The van der Waals surface area contributed by atoms with Gasteiger partial charge in [0.05, 0.1) is 6.10 Å². The molecular weight excluding hydrogens is 318 g/mol. The van der Waals surface area contributed by atoms with Gasteiger partial charge in [-0.1, -0.05) is 47.3 Å². The SMILES string of the molecule is OCC1(CNCC(O)c2cccc(Br)c2)CCCCC1. The van der Waals surface area contributed by atoms with Crippen molar-refractivity contribution in [2.24, 2.45) is 5.41 Å². The van der Waals surface area contributed by atoms with Crippen molar-refractivity contribution in [2.45, 2.75) is 38.2 Å². The summed E-state index contributed by atoms with van der Waals surface area (Å²) >= 11 is 3.42. The molecule has 20 heavy (non-hydrogen) atoms. The van der Waals surface area contributed by atoms with Crippen molar-refractivity contribution in [1.29, 1.82) is 0 Å². The first-order chi connectivity index (χ1) is 9.65. The van der Waals surface area contributed by atoms with Crippen LogP contribution in [0.1, 0.15) is 43.8 Å². The summed E-state index contributed by atoms with van der Waals surface area (Å²) in [6.45, 7) is 1.56. The van der Waals surface area contributed by atoms with Crippen LogP contribution in [0.25, 0.3) is 0 Å². The van der Waals surface area contributed by atoms with Crippen molar-refractivity contribution < 1.29 is 10.2 Å². The average Bonchev–Trinajstić information content (AvgIpc) is 2.48. The first-order valence-corrected chi connectivity index (χ1v) is 8.20. The summed E-state index contributed by atoms with van der Waals surface area (Å²) in [6.07, 6.45) is 5.36. The van der Waals surface area contributed by atoms with Gasteiger partial charge < -0.3 is 15.5 Å². The normalized spacial score (nSPS) is 19.8. The Morgan fingerprint density at radius 1 is 1.25 bits per heavy atom. The number of hydrogen-bond acceptors (Lipinski definition) is 3. The highest BCUT2D eigenvalue weighted by atomic mass is 79.9. The first-order valence-electron chi connectivity index (χ1n) is 7.40. The lowest BCUT2D eigenvalue weighted by Crippen LogP contribution is -2.40. The number of nitrogens with one attached hydrogen (secondary N) is 1. The Balaban J connectivity index is 1.82. The Hall–Kier alpha value is -0.420. The van der Waals surface area contributed by atoms with E-state index < -0.39 is 6.10 Å². The second-order valence-electron chi connectivity index (χ2n) is 5.92. The van der Waals surface area contributed by atoms with E-state index in [1.807, 2.05) is 24.3 Å². The molecule has 0 saturated heterocycles. The zero-order chi connectivity index (χ0) is 14.4. The Kier molecular flexibility index (Phi) is 6.02. The van der Waals surface area contributed by atoms with Crippen molar-refractivity contribution in [3.8, 4) is 0 Å². The fourth-order valence-electron chi connectivity index (χ4n) is 3.00. The third kappa shape index (κ3) is 4.29. The second kappa shape index (κ2) is 7.55. The molecular formula is C16H24BrNO2. The van der Waals surface area contributed by atoms with E-state index in [1.165, 1.54) is 19.3 Å². The van der Waals surface area contributed by atoms with Crippen LogP contribution < -0.4 is 5.32 Å². The molecule has 0 spiro atoms. The number of aliphatic hydroxyl groups excluding tert-OH is 2. The molecule has 0 heterocycles. The third-order valence-corrected chi connectivity index (χ3v) is 4.81. The van der Waals surface area contributed by atoms with E-state index in [0.717, 1.165) is 29.4 Å². The van der Waals surface area contributed by atoms with Crippen LogP contribution in [0.3, 0.4) is 0 Å². The fraction of sp³-hybridized carbons (Fsp3) is 0.625. The summed E-state index contributed by atoms with van der Waals surface area (Å²) in [5.74, 6) is 0. The van der Waals surface area contributed by atoms with Crippen LogP contribution in [0.4, 0.5) is 0 Å². The van der Waals surface area contributed by atoms with Gasteiger partial charge in [0.1, 0.15) is 0 Å². The Morgan fingerprint density at radius 2 is 2.00 bits per heavy atom. The van der Waals surface area contributed by atoms with E-state index >= 15 is 0 Å².